The number of amides is 1. The summed E-state index contributed by atoms with van der Waals surface area (Å²) in [6.45, 7) is 5.11. The number of carbonyl (C=O) groups is 1. The maximum absolute atomic E-state index is 11.8. The molecule has 2 rings (SSSR count). The molecular weight excluding hydrogens is 300 g/mol. The summed E-state index contributed by atoms with van der Waals surface area (Å²) in [5.41, 5.74) is 1.18. The highest BCUT2D eigenvalue weighted by molar-refractivity contribution is 5.85. The summed E-state index contributed by atoms with van der Waals surface area (Å²) in [5, 5.41) is 6.34. The average molecular weight is 327 g/mol. The molecule has 2 N–H and O–H groups in total. The Balaban J connectivity index is 0.00000242. The Morgan fingerprint density at radius 3 is 2.86 bits per heavy atom. The van der Waals surface area contributed by atoms with Gasteiger partial charge in [0.1, 0.15) is 0 Å². The van der Waals surface area contributed by atoms with Crippen LogP contribution in [0.2, 0.25) is 0 Å². The van der Waals surface area contributed by atoms with E-state index in [2.05, 4.69) is 29.7 Å². The third-order valence-corrected chi connectivity index (χ3v) is 3.76. The van der Waals surface area contributed by atoms with Crippen molar-refractivity contribution in [2.75, 3.05) is 19.7 Å². The van der Waals surface area contributed by atoms with Gasteiger partial charge < -0.3 is 15.4 Å². The van der Waals surface area contributed by atoms with Crippen molar-refractivity contribution in [3.8, 4) is 0 Å². The average Bonchev–Trinajstić information content (AvgIpc) is 2.99. The number of halogens is 1. The zero-order chi connectivity index (χ0) is 14.9. The molecule has 1 amide bonds. The van der Waals surface area contributed by atoms with E-state index < -0.39 is 0 Å². The van der Waals surface area contributed by atoms with Gasteiger partial charge in [-0.3, -0.25) is 4.79 Å². The van der Waals surface area contributed by atoms with Gasteiger partial charge in [-0.1, -0.05) is 37.3 Å². The van der Waals surface area contributed by atoms with Gasteiger partial charge in [0.2, 0.25) is 5.91 Å². The molecule has 4 nitrogen and oxygen atoms in total. The standard InChI is InChI=1S/C17H26N2O2.ClH/c1-14(12-21-13-15-6-3-2-4-7-15)11-19-17(20)10-16-8-5-9-18-16;/h2-4,6-7,14,16,18H,5,8-13H2,1H3,(H,19,20);1H. The Labute approximate surface area is 139 Å². The summed E-state index contributed by atoms with van der Waals surface area (Å²) in [6.07, 6.45) is 2.89. The van der Waals surface area contributed by atoms with Crippen molar-refractivity contribution in [3.63, 3.8) is 0 Å². The van der Waals surface area contributed by atoms with E-state index in [4.69, 9.17) is 4.74 Å². The molecular formula is C17H27ClN2O2. The fourth-order valence-electron chi connectivity index (χ4n) is 2.53. The lowest BCUT2D eigenvalue weighted by Gasteiger charge is -2.15. The zero-order valence-electron chi connectivity index (χ0n) is 13.2. The minimum Gasteiger partial charge on any atom is -0.376 e. The molecule has 0 aromatic heterocycles. The monoisotopic (exact) mass is 326 g/mol. The lowest BCUT2D eigenvalue weighted by atomic mass is 10.1. The molecule has 1 aromatic carbocycles. The second-order valence-corrected chi connectivity index (χ2v) is 5.91. The number of benzene rings is 1. The van der Waals surface area contributed by atoms with Crippen LogP contribution < -0.4 is 10.6 Å². The molecule has 1 aliphatic heterocycles. The molecule has 5 heteroatoms. The van der Waals surface area contributed by atoms with Crippen LogP contribution in [0, 0.1) is 5.92 Å². The van der Waals surface area contributed by atoms with Crippen LogP contribution in [0.3, 0.4) is 0 Å². The summed E-state index contributed by atoms with van der Waals surface area (Å²) in [4.78, 5) is 11.8. The van der Waals surface area contributed by atoms with E-state index in [0.29, 0.717) is 38.1 Å². The summed E-state index contributed by atoms with van der Waals surface area (Å²) in [7, 11) is 0. The minimum atomic E-state index is 0. The predicted molar refractivity (Wildman–Crippen MR) is 91.2 cm³/mol. The molecule has 1 heterocycles. The molecule has 1 aliphatic rings. The van der Waals surface area contributed by atoms with Gasteiger partial charge >= 0.3 is 0 Å². The number of hydrogen-bond acceptors (Lipinski definition) is 3. The summed E-state index contributed by atoms with van der Waals surface area (Å²) in [6, 6.07) is 10.5. The van der Waals surface area contributed by atoms with Crippen molar-refractivity contribution in [1.29, 1.82) is 0 Å². The van der Waals surface area contributed by atoms with E-state index in [1.54, 1.807) is 0 Å². The van der Waals surface area contributed by atoms with Crippen LogP contribution in [0.25, 0.3) is 0 Å². The molecule has 1 saturated heterocycles. The molecule has 0 saturated carbocycles. The lowest BCUT2D eigenvalue weighted by Crippen LogP contribution is -2.34. The third kappa shape index (κ3) is 7.25. The highest BCUT2D eigenvalue weighted by Crippen LogP contribution is 2.08. The molecule has 1 fully saturated rings. The number of nitrogens with one attached hydrogen (secondary N) is 2. The summed E-state index contributed by atoms with van der Waals surface area (Å²) < 4.78 is 5.68. The fraction of sp³-hybridized carbons (Fsp3) is 0.588. The van der Waals surface area contributed by atoms with Gasteiger partial charge in [-0.25, -0.2) is 0 Å². The molecule has 0 spiro atoms. The van der Waals surface area contributed by atoms with Gasteiger partial charge in [0.05, 0.1) is 13.2 Å². The Bertz CT molecular complexity index is 422. The van der Waals surface area contributed by atoms with Gasteiger partial charge in [0.25, 0.3) is 0 Å². The van der Waals surface area contributed by atoms with Crippen molar-refractivity contribution >= 4 is 18.3 Å². The molecule has 0 radical (unpaired) electrons. The van der Waals surface area contributed by atoms with E-state index >= 15 is 0 Å². The number of ether oxygens (including phenoxy) is 1. The van der Waals surface area contributed by atoms with Crippen molar-refractivity contribution in [1.82, 2.24) is 10.6 Å². The Hall–Kier alpha value is -1.10. The van der Waals surface area contributed by atoms with Crippen molar-refractivity contribution in [2.45, 2.75) is 38.8 Å². The predicted octanol–water partition coefficient (Wildman–Crippen LogP) is 2.52. The fourth-order valence-corrected chi connectivity index (χ4v) is 2.53. The highest BCUT2D eigenvalue weighted by Gasteiger charge is 2.17. The van der Waals surface area contributed by atoms with Crippen LogP contribution >= 0.6 is 12.4 Å². The molecule has 124 valence electrons. The Morgan fingerprint density at radius 2 is 2.18 bits per heavy atom. The quantitative estimate of drug-likeness (QED) is 0.772. The number of carbonyl (C=O) groups excluding carboxylic acids is 1. The second kappa shape index (κ2) is 10.6. The van der Waals surface area contributed by atoms with Crippen molar-refractivity contribution in [3.05, 3.63) is 35.9 Å². The van der Waals surface area contributed by atoms with Crippen LogP contribution in [-0.2, 0) is 16.1 Å². The highest BCUT2D eigenvalue weighted by atomic mass is 35.5. The molecule has 0 bridgehead atoms. The SMILES string of the molecule is CC(CNC(=O)CC1CCCN1)COCc1ccccc1.Cl. The first-order valence-corrected chi connectivity index (χ1v) is 7.86. The third-order valence-electron chi connectivity index (χ3n) is 3.76. The molecule has 1 aromatic rings. The summed E-state index contributed by atoms with van der Waals surface area (Å²) >= 11 is 0. The normalized spacial score (nSPS) is 18.5. The van der Waals surface area contributed by atoms with Crippen LogP contribution in [0.1, 0.15) is 31.7 Å². The minimum absolute atomic E-state index is 0. The van der Waals surface area contributed by atoms with Gasteiger partial charge in [-0.15, -0.1) is 12.4 Å². The first-order chi connectivity index (χ1) is 10.2. The van der Waals surface area contributed by atoms with E-state index in [1.807, 2.05) is 18.2 Å². The maximum atomic E-state index is 11.8. The van der Waals surface area contributed by atoms with Crippen molar-refractivity contribution < 1.29 is 9.53 Å². The van der Waals surface area contributed by atoms with Gasteiger partial charge in [0.15, 0.2) is 0 Å². The van der Waals surface area contributed by atoms with Crippen LogP contribution in [0.5, 0.6) is 0 Å². The van der Waals surface area contributed by atoms with Gasteiger partial charge in [-0.2, -0.15) is 0 Å². The van der Waals surface area contributed by atoms with E-state index in [0.717, 1.165) is 13.0 Å². The number of rotatable bonds is 8. The lowest BCUT2D eigenvalue weighted by molar-refractivity contribution is -0.121. The zero-order valence-corrected chi connectivity index (χ0v) is 14.0. The van der Waals surface area contributed by atoms with E-state index in [9.17, 15) is 4.79 Å². The van der Waals surface area contributed by atoms with Crippen LogP contribution in [0.15, 0.2) is 30.3 Å². The molecule has 22 heavy (non-hydrogen) atoms. The Kier molecular flexibility index (Phi) is 9.13. The smallest absolute Gasteiger partial charge is 0.221 e. The molecule has 2 unspecified atom stereocenters. The summed E-state index contributed by atoms with van der Waals surface area (Å²) in [5.74, 6) is 0.471. The number of hydrogen-bond donors (Lipinski definition) is 2. The molecule has 2 atom stereocenters. The first-order valence-electron chi connectivity index (χ1n) is 7.86. The largest absolute Gasteiger partial charge is 0.376 e. The van der Waals surface area contributed by atoms with Gasteiger partial charge in [-0.05, 0) is 30.9 Å². The second-order valence-electron chi connectivity index (χ2n) is 5.91. The van der Waals surface area contributed by atoms with Crippen molar-refractivity contribution in [2.24, 2.45) is 5.92 Å². The van der Waals surface area contributed by atoms with Crippen LogP contribution in [0.4, 0.5) is 0 Å². The molecule has 0 aliphatic carbocycles. The maximum Gasteiger partial charge on any atom is 0.221 e. The topological polar surface area (TPSA) is 50.4 Å². The van der Waals surface area contributed by atoms with E-state index in [-0.39, 0.29) is 18.3 Å². The van der Waals surface area contributed by atoms with Gasteiger partial charge in [0, 0.05) is 19.0 Å². The Morgan fingerprint density at radius 1 is 1.41 bits per heavy atom. The first kappa shape index (κ1) is 18.9. The van der Waals surface area contributed by atoms with E-state index in [1.165, 1.54) is 12.0 Å². The van der Waals surface area contributed by atoms with Crippen LogP contribution in [-0.4, -0.2) is 31.6 Å².